The van der Waals surface area contributed by atoms with Gasteiger partial charge in [-0.2, -0.15) is 0 Å². The minimum absolute atomic E-state index is 0.130. The zero-order valence-electron chi connectivity index (χ0n) is 15.0. The standard InChI is InChI=1S/C21H28ClNO/c1-15(2)23(16(3)4)13-12-19(17-8-6-5-7-9-17)20-14-18(22)10-11-21(20)24/h5-11,14-16,19,24H,12-13H2,1-4H3. The van der Waals surface area contributed by atoms with Crippen LogP contribution in [0, 0.1) is 0 Å². The third-order valence-corrected chi connectivity index (χ3v) is 4.80. The van der Waals surface area contributed by atoms with Gasteiger partial charge in [0.05, 0.1) is 0 Å². The predicted octanol–water partition coefficient (Wildman–Crippen LogP) is 5.69. The van der Waals surface area contributed by atoms with Gasteiger partial charge in [0, 0.05) is 28.6 Å². The molecule has 130 valence electrons. The van der Waals surface area contributed by atoms with Crippen molar-refractivity contribution in [3.05, 3.63) is 64.7 Å². The van der Waals surface area contributed by atoms with Gasteiger partial charge in [0.2, 0.25) is 0 Å². The third-order valence-electron chi connectivity index (χ3n) is 4.57. The first kappa shape index (κ1) is 18.8. The fourth-order valence-corrected chi connectivity index (χ4v) is 3.56. The minimum Gasteiger partial charge on any atom is -0.508 e. The Bertz CT molecular complexity index is 632. The van der Waals surface area contributed by atoms with Crippen LogP contribution in [0.2, 0.25) is 5.02 Å². The fraction of sp³-hybridized carbons (Fsp3) is 0.429. The van der Waals surface area contributed by atoms with Crippen molar-refractivity contribution in [1.29, 1.82) is 0 Å². The van der Waals surface area contributed by atoms with E-state index in [-0.39, 0.29) is 5.92 Å². The molecule has 2 aromatic carbocycles. The number of hydrogen-bond acceptors (Lipinski definition) is 2. The monoisotopic (exact) mass is 345 g/mol. The van der Waals surface area contributed by atoms with Gasteiger partial charge in [-0.05, 0) is 64.4 Å². The lowest BCUT2D eigenvalue weighted by atomic mass is 9.87. The number of phenols is 1. The molecule has 1 atom stereocenters. The van der Waals surface area contributed by atoms with Gasteiger partial charge in [0.1, 0.15) is 5.75 Å². The van der Waals surface area contributed by atoms with E-state index >= 15 is 0 Å². The SMILES string of the molecule is CC(C)N(CCC(c1ccccc1)c1cc(Cl)ccc1O)C(C)C. The summed E-state index contributed by atoms with van der Waals surface area (Å²) in [5, 5.41) is 11.0. The predicted molar refractivity (Wildman–Crippen MR) is 103 cm³/mol. The molecule has 2 rings (SSSR count). The Morgan fingerprint density at radius 3 is 2.17 bits per heavy atom. The Morgan fingerprint density at radius 1 is 0.958 bits per heavy atom. The van der Waals surface area contributed by atoms with Crippen LogP contribution in [-0.2, 0) is 0 Å². The molecule has 0 bridgehead atoms. The van der Waals surface area contributed by atoms with Crippen molar-refractivity contribution in [2.45, 2.75) is 52.1 Å². The number of nitrogens with zero attached hydrogens (tertiary/aromatic N) is 1. The maximum absolute atomic E-state index is 10.4. The van der Waals surface area contributed by atoms with Crippen LogP contribution >= 0.6 is 11.6 Å². The smallest absolute Gasteiger partial charge is 0.119 e. The van der Waals surface area contributed by atoms with Gasteiger partial charge in [-0.1, -0.05) is 41.9 Å². The van der Waals surface area contributed by atoms with Crippen LogP contribution in [0.3, 0.4) is 0 Å². The first-order chi connectivity index (χ1) is 11.4. The summed E-state index contributed by atoms with van der Waals surface area (Å²) in [6, 6.07) is 16.7. The summed E-state index contributed by atoms with van der Waals surface area (Å²) in [4.78, 5) is 2.48. The Labute approximate surface area is 151 Å². The lowest BCUT2D eigenvalue weighted by Gasteiger charge is -2.32. The first-order valence-electron chi connectivity index (χ1n) is 8.69. The fourth-order valence-electron chi connectivity index (χ4n) is 3.38. The summed E-state index contributed by atoms with van der Waals surface area (Å²) >= 11 is 6.19. The average molecular weight is 346 g/mol. The molecule has 0 aromatic heterocycles. The average Bonchev–Trinajstić information content (AvgIpc) is 2.54. The molecule has 2 aromatic rings. The van der Waals surface area contributed by atoms with E-state index in [1.165, 1.54) is 5.56 Å². The zero-order chi connectivity index (χ0) is 17.7. The minimum atomic E-state index is 0.130. The molecule has 0 fully saturated rings. The molecule has 0 aliphatic carbocycles. The number of halogens is 1. The summed E-state index contributed by atoms with van der Waals surface area (Å²) < 4.78 is 0. The number of hydrogen-bond donors (Lipinski definition) is 1. The first-order valence-corrected chi connectivity index (χ1v) is 9.07. The van der Waals surface area contributed by atoms with E-state index in [0.717, 1.165) is 18.5 Å². The molecule has 0 radical (unpaired) electrons. The highest BCUT2D eigenvalue weighted by molar-refractivity contribution is 6.30. The summed E-state index contributed by atoms with van der Waals surface area (Å²) in [6.07, 6.45) is 0.939. The quantitative estimate of drug-likeness (QED) is 0.697. The molecule has 0 aliphatic heterocycles. The molecule has 0 saturated heterocycles. The van der Waals surface area contributed by atoms with Gasteiger partial charge in [0.25, 0.3) is 0 Å². The second kappa shape index (κ2) is 8.55. The van der Waals surface area contributed by atoms with Gasteiger partial charge >= 0.3 is 0 Å². The number of rotatable bonds is 7. The molecule has 24 heavy (non-hydrogen) atoms. The van der Waals surface area contributed by atoms with Crippen molar-refractivity contribution in [3.63, 3.8) is 0 Å². The van der Waals surface area contributed by atoms with Gasteiger partial charge in [0.15, 0.2) is 0 Å². The number of benzene rings is 2. The molecule has 2 nitrogen and oxygen atoms in total. The van der Waals surface area contributed by atoms with E-state index in [9.17, 15) is 5.11 Å². The molecular weight excluding hydrogens is 318 g/mol. The summed E-state index contributed by atoms with van der Waals surface area (Å²) in [5.41, 5.74) is 2.11. The van der Waals surface area contributed by atoms with E-state index in [1.54, 1.807) is 12.1 Å². The van der Waals surface area contributed by atoms with Crippen molar-refractivity contribution in [2.75, 3.05) is 6.54 Å². The van der Waals surface area contributed by atoms with Crippen molar-refractivity contribution in [3.8, 4) is 5.75 Å². The molecule has 0 aliphatic rings. The maximum Gasteiger partial charge on any atom is 0.119 e. The van der Waals surface area contributed by atoms with E-state index in [2.05, 4.69) is 44.7 Å². The van der Waals surface area contributed by atoms with Crippen molar-refractivity contribution >= 4 is 11.6 Å². The topological polar surface area (TPSA) is 23.5 Å². The molecule has 0 heterocycles. The molecular formula is C21H28ClNO. The van der Waals surface area contributed by atoms with Gasteiger partial charge in [-0.25, -0.2) is 0 Å². The molecule has 0 amide bonds. The Kier molecular flexibility index (Phi) is 6.70. The lowest BCUT2D eigenvalue weighted by molar-refractivity contribution is 0.170. The highest BCUT2D eigenvalue weighted by Crippen LogP contribution is 2.36. The lowest BCUT2D eigenvalue weighted by Crippen LogP contribution is -2.38. The molecule has 0 saturated carbocycles. The Morgan fingerprint density at radius 2 is 1.58 bits per heavy atom. The van der Waals surface area contributed by atoms with Crippen LogP contribution in [0.1, 0.15) is 51.2 Å². The maximum atomic E-state index is 10.4. The second-order valence-electron chi connectivity index (χ2n) is 6.88. The normalized spacial score (nSPS) is 13.0. The van der Waals surface area contributed by atoms with Crippen molar-refractivity contribution < 1.29 is 5.11 Å². The third kappa shape index (κ3) is 4.75. The highest BCUT2D eigenvalue weighted by atomic mass is 35.5. The van der Waals surface area contributed by atoms with Crippen LogP contribution in [-0.4, -0.2) is 28.6 Å². The Hall–Kier alpha value is -1.51. The van der Waals surface area contributed by atoms with E-state index < -0.39 is 0 Å². The molecule has 1 N–H and O–H groups in total. The van der Waals surface area contributed by atoms with Crippen LogP contribution in [0.4, 0.5) is 0 Å². The summed E-state index contributed by atoms with van der Waals surface area (Å²) in [6.45, 7) is 9.90. The number of aromatic hydroxyl groups is 1. The molecule has 0 spiro atoms. The van der Waals surface area contributed by atoms with Crippen LogP contribution in [0.25, 0.3) is 0 Å². The highest BCUT2D eigenvalue weighted by Gasteiger charge is 2.21. The largest absolute Gasteiger partial charge is 0.508 e. The van der Waals surface area contributed by atoms with Gasteiger partial charge in [-0.3, -0.25) is 4.90 Å². The zero-order valence-corrected chi connectivity index (χ0v) is 15.8. The van der Waals surface area contributed by atoms with Crippen molar-refractivity contribution in [2.24, 2.45) is 0 Å². The second-order valence-corrected chi connectivity index (χ2v) is 7.32. The molecule has 1 unspecified atom stereocenters. The van der Waals surface area contributed by atoms with Crippen LogP contribution in [0.5, 0.6) is 5.75 Å². The summed E-state index contributed by atoms with van der Waals surface area (Å²) in [7, 11) is 0. The van der Waals surface area contributed by atoms with Crippen LogP contribution < -0.4 is 0 Å². The van der Waals surface area contributed by atoms with E-state index in [0.29, 0.717) is 22.9 Å². The van der Waals surface area contributed by atoms with Crippen LogP contribution in [0.15, 0.2) is 48.5 Å². The van der Waals surface area contributed by atoms with Crippen molar-refractivity contribution in [1.82, 2.24) is 4.90 Å². The van der Waals surface area contributed by atoms with E-state index in [1.807, 2.05) is 24.3 Å². The Balaban J connectivity index is 2.32. The van der Waals surface area contributed by atoms with E-state index in [4.69, 9.17) is 11.6 Å². The summed E-state index contributed by atoms with van der Waals surface area (Å²) in [5.74, 6) is 0.443. The van der Waals surface area contributed by atoms with Gasteiger partial charge in [-0.15, -0.1) is 0 Å². The molecule has 3 heteroatoms. The number of phenolic OH excluding ortho intramolecular Hbond substituents is 1. The van der Waals surface area contributed by atoms with Gasteiger partial charge < -0.3 is 5.11 Å².